The van der Waals surface area contributed by atoms with Gasteiger partial charge in [-0.2, -0.15) is 0 Å². The number of thiophene rings is 1. The first-order valence-electron chi connectivity index (χ1n) is 11.6. The van der Waals surface area contributed by atoms with Crippen LogP contribution in [0.25, 0.3) is 15.9 Å². The van der Waals surface area contributed by atoms with Crippen LogP contribution in [-0.2, 0) is 17.6 Å². The van der Waals surface area contributed by atoms with Crippen LogP contribution in [0.3, 0.4) is 0 Å². The number of aryl methyl sites for hydroxylation is 2. The largest absolute Gasteiger partial charge is 0.338 e. The number of hydrazine groups is 1. The molecular formula is C25H20Cl3N5O3S2. The minimum absolute atomic E-state index is 0.107. The van der Waals surface area contributed by atoms with Crippen molar-refractivity contribution < 1.29 is 9.59 Å². The Morgan fingerprint density at radius 1 is 1.00 bits per heavy atom. The van der Waals surface area contributed by atoms with Gasteiger partial charge in [-0.25, -0.2) is 15.2 Å². The van der Waals surface area contributed by atoms with E-state index in [1.165, 1.54) is 20.8 Å². The average Bonchev–Trinajstić information content (AvgIpc) is 3.28. The molecule has 3 N–H and O–H groups in total. The number of thioether (sulfide) groups is 1. The summed E-state index contributed by atoms with van der Waals surface area (Å²) in [5.41, 5.74) is 6.33. The van der Waals surface area contributed by atoms with Crippen LogP contribution >= 0.6 is 57.9 Å². The standard InChI is InChI=1S/C25H20Cl3N5O3S2/c26-13-8-10-14(11-9-13)33-23(35)20-15-4-1-2-7-18(15)38-22(20)30-25(33)37-12-19(34)31-32-24(36)29-21-16(27)5-3-6-17(21)28/h3,5-6,8-11H,1-2,4,7,12H2,(H,31,34)(H2,29,32,36). The van der Waals surface area contributed by atoms with Crippen molar-refractivity contribution in [2.45, 2.75) is 30.8 Å². The van der Waals surface area contributed by atoms with E-state index in [4.69, 9.17) is 39.8 Å². The smallest absolute Gasteiger partial charge is 0.304 e. The van der Waals surface area contributed by atoms with E-state index in [-0.39, 0.29) is 27.0 Å². The molecule has 4 aromatic rings. The van der Waals surface area contributed by atoms with Gasteiger partial charge in [0, 0.05) is 9.90 Å². The summed E-state index contributed by atoms with van der Waals surface area (Å²) in [6.07, 6.45) is 3.93. The Hall–Kier alpha value is -2.76. The first kappa shape index (κ1) is 26.8. The highest BCUT2D eigenvalue weighted by Crippen LogP contribution is 2.35. The van der Waals surface area contributed by atoms with Gasteiger partial charge in [-0.3, -0.25) is 19.6 Å². The number of halogens is 3. The number of fused-ring (bicyclic) bond motifs is 3. The average molecular weight is 609 g/mol. The van der Waals surface area contributed by atoms with E-state index in [9.17, 15) is 14.4 Å². The van der Waals surface area contributed by atoms with Gasteiger partial charge >= 0.3 is 6.03 Å². The van der Waals surface area contributed by atoms with Gasteiger partial charge in [0.05, 0.1) is 32.6 Å². The number of carbonyl (C=O) groups excluding carboxylic acids is 2. The maximum Gasteiger partial charge on any atom is 0.338 e. The molecule has 0 radical (unpaired) electrons. The Kier molecular flexibility index (Phi) is 8.15. The summed E-state index contributed by atoms with van der Waals surface area (Å²) in [5, 5.41) is 4.55. The van der Waals surface area contributed by atoms with Crippen LogP contribution in [0.2, 0.25) is 15.1 Å². The number of rotatable bonds is 5. The van der Waals surface area contributed by atoms with Gasteiger partial charge in [-0.15, -0.1) is 11.3 Å². The van der Waals surface area contributed by atoms with E-state index in [0.29, 0.717) is 26.1 Å². The summed E-state index contributed by atoms with van der Waals surface area (Å²) in [5.74, 6) is -0.609. The molecule has 3 amide bonds. The number of urea groups is 1. The van der Waals surface area contributed by atoms with Crippen molar-refractivity contribution in [3.05, 3.63) is 78.3 Å². The van der Waals surface area contributed by atoms with Crippen molar-refractivity contribution >= 4 is 85.7 Å². The quantitative estimate of drug-likeness (QED) is 0.142. The molecule has 1 aliphatic carbocycles. The highest BCUT2D eigenvalue weighted by molar-refractivity contribution is 7.99. The Morgan fingerprint density at radius 3 is 2.45 bits per heavy atom. The highest BCUT2D eigenvalue weighted by Gasteiger charge is 2.23. The number of amides is 3. The SMILES string of the molecule is O=C(CSc1nc2sc3c(c2c(=O)n1-c1ccc(Cl)cc1)CCCC3)NNC(=O)Nc1c(Cl)cccc1Cl. The number of anilines is 1. The predicted octanol–water partition coefficient (Wildman–Crippen LogP) is 6.23. The molecule has 2 aromatic carbocycles. The van der Waals surface area contributed by atoms with Crippen LogP contribution in [0.4, 0.5) is 10.5 Å². The second kappa shape index (κ2) is 11.5. The van der Waals surface area contributed by atoms with Gasteiger partial charge in [0.2, 0.25) is 5.91 Å². The minimum atomic E-state index is -0.722. The van der Waals surface area contributed by atoms with Crippen LogP contribution in [0.1, 0.15) is 23.3 Å². The van der Waals surface area contributed by atoms with Gasteiger partial charge in [0.15, 0.2) is 5.16 Å². The molecular weight excluding hydrogens is 589 g/mol. The third kappa shape index (κ3) is 5.64. The van der Waals surface area contributed by atoms with E-state index in [0.717, 1.165) is 43.0 Å². The first-order valence-corrected chi connectivity index (χ1v) is 14.5. The van der Waals surface area contributed by atoms with Gasteiger partial charge in [-0.05, 0) is 67.6 Å². The van der Waals surface area contributed by atoms with Crippen molar-refractivity contribution in [1.82, 2.24) is 20.4 Å². The fraction of sp³-hybridized carbons (Fsp3) is 0.200. The van der Waals surface area contributed by atoms with Gasteiger partial charge in [-0.1, -0.05) is 52.6 Å². The zero-order chi connectivity index (χ0) is 26.8. The highest BCUT2D eigenvalue weighted by atomic mass is 35.5. The number of aromatic nitrogens is 2. The maximum absolute atomic E-state index is 13.8. The van der Waals surface area contributed by atoms with Crippen molar-refractivity contribution in [3.63, 3.8) is 0 Å². The van der Waals surface area contributed by atoms with Crippen molar-refractivity contribution in [2.75, 3.05) is 11.1 Å². The lowest BCUT2D eigenvalue weighted by Crippen LogP contribution is -2.44. The molecule has 13 heteroatoms. The Labute approximate surface area is 240 Å². The van der Waals surface area contributed by atoms with E-state index in [1.54, 1.807) is 42.5 Å². The molecule has 2 aromatic heterocycles. The van der Waals surface area contributed by atoms with E-state index < -0.39 is 11.9 Å². The fourth-order valence-electron chi connectivity index (χ4n) is 4.16. The molecule has 0 bridgehead atoms. The van der Waals surface area contributed by atoms with Crippen molar-refractivity contribution in [2.24, 2.45) is 0 Å². The van der Waals surface area contributed by atoms with Crippen molar-refractivity contribution in [3.8, 4) is 5.69 Å². The molecule has 38 heavy (non-hydrogen) atoms. The molecule has 1 aliphatic rings. The van der Waals surface area contributed by atoms with Crippen molar-refractivity contribution in [1.29, 1.82) is 0 Å². The Balaban J connectivity index is 1.35. The van der Waals surface area contributed by atoms with Crippen LogP contribution in [0.5, 0.6) is 0 Å². The second-order valence-corrected chi connectivity index (χ2v) is 11.7. The molecule has 0 atom stereocenters. The Bertz CT molecular complexity index is 1580. The van der Waals surface area contributed by atoms with Crippen LogP contribution in [-0.4, -0.2) is 27.2 Å². The van der Waals surface area contributed by atoms with Gasteiger partial charge in [0.1, 0.15) is 4.83 Å². The van der Waals surface area contributed by atoms with Crippen LogP contribution in [0, 0.1) is 0 Å². The first-order chi connectivity index (χ1) is 18.3. The van der Waals surface area contributed by atoms with Crippen LogP contribution < -0.4 is 21.7 Å². The van der Waals surface area contributed by atoms with E-state index in [2.05, 4.69) is 16.2 Å². The maximum atomic E-state index is 13.8. The van der Waals surface area contributed by atoms with Gasteiger partial charge < -0.3 is 5.32 Å². The van der Waals surface area contributed by atoms with E-state index >= 15 is 0 Å². The molecule has 8 nitrogen and oxygen atoms in total. The molecule has 0 saturated carbocycles. The lowest BCUT2D eigenvalue weighted by molar-refractivity contribution is -0.119. The monoisotopic (exact) mass is 607 g/mol. The number of para-hydroxylation sites is 1. The summed E-state index contributed by atoms with van der Waals surface area (Å²) < 4.78 is 1.51. The number of nitrogens with one attached hydrogen (secondary N) is 3. The molecule has 196 valence electrons. The number of hydrogen-bond acceptors (Lipinski definition) is 6. The topological polar surface area (TPSA) is 105 Å². The zero-order valence-electron chi connectivity index (χ0n) is 19.6. The normalized spacial score (nSPS) is 12.7. The molecule has 0 fully saturated rings. The molecule has 0 spiro atoms. The van der Waals surface area contributed by atoms with Crippen LogP contribution in [0.15, 0.2) is 52.4 Å². The van der Waals surface area contributed by atoms with E-state index in [1.807, 2.05) is 0 Å². The summed E-state index contributed by atoms with van der Waals surface area (Å²) in [7, 11) is 0. The summed E-state index contributed by atoms with van der Waals surface area (Å²) in [6.45, 7) is 0. The number of nitrogens with zero attached hydrogens (tertiary/aromatic N) is 2. The molecule has 0 aliphatic heterocycles. The molecule has 5 rings (SSSR count). The lowest BCUT2D eigenvalue weighted by Gasteiger charge is -2.14. The predicted molar refractivity (Wildman–Crippen MR) is 154 cm³/mol. The molecule has 0 unspecified atom stereocenters. The number of hydrogen-bond donors (Lipinski definition) is 3. The third-order valence-corrected chi connectivity index (χ3v) is 8.90. The lowest BCUT2D eigenvalue weighted by atomic mass is 9.97. The number of carbonyl (C=O) groups is 2. The van der Waals surface area contributed by atoms with Gasteiger partial charge in [0.25, 0.3) is 5.56 Å². The summed E-state index contributed by atoms with van der Waals surface area (Å²) >= 11 is 20.8. The fourth-order valence-corrected chi connectivity index (χ4v) is 6.89. The summed E-state index contributed by atoms with van der Waals surface area (Å²) in [6, 6.07) is 11.0. The molecule has 2 heterocycles. The summed E-state index contributed by atoms with van der Waals surface area (Å²) in [4.78, 5) is 45.2. The minimum Gasteiger partial charge on any atom is -0.304 e. The third-order valence-electron chi connectivity index (χ3n) is 5.89. The second-order valence-electron chi connectivity index (χ2n) is 8.42. The Morgan fingerprint density at radius 2 is 1.71 bits per heavy atom. The zero-order valence-corrected chi connectivity index (χ0v) is 23.5. The number of benzene rings is 2. The molecule has 0 saturated heterocycles.